The van der Waals surface area contributed by atoms with E-state index in [1.807, 2.05) is 25.1 Å². The fourth-order valence-electron chi connectivity index (χ4n) is 2.61. The van der Waals surface area contributed by atoms with Crippen LogP contribution in [-0.2, 0) is 9.84 Å². The molecule has 3 aromatic rings. The SMILES string of the molecule is Cc1ccc(S(=O)(=O)c2c(-c3ccccc3)cc(C)[nH]c2=O)cc1. The lowest BCUT2D eigenvalue weighted by molar-refractivity contribution is 0.595. The molecule has 1 aromatic heterocycles. The Morgan fingerprint density at radius 3 is 2.12 bits per heavy atom. The van der Waals surface area contributed by atoms with Gasteiger partial charge >= 0.3 is 0 Å². The van der Waals surface area contributed by atoms with Gasteiger partial charge in [-0.25, -0.2) is 8.42 Å². The number of benzene rings is 2. The van der Waals surface area contributed by atoms with Gasteiger partial charge in [-0.3, -0.25) is 4.79 Å². The Morgan fingerprint density at radius 2 is 1.50 bits per heavy atom. The molecule has 122 valence electrons. The van der Waals surface area contributed by atoms with E-state index in [1.165, 1.54) is 12.1 Å². The number of hydrogen-bond donors (Lipinski definition) is 1. The smallest absolute Gasteiger partial charge is 0.267 e. The molecule has 24 heavy (non-hydrogen) atoms. The monoisotopic (exact) mass is 339 g/mol. The van der Waals surface area contributed by atoms with E-state index in [1.54, 1.807) is 37.3 Å². The minimum Gasteiger partial charge on any atom is -0.325 e. The van der Waals surface area contributed by atoms with E-state index in [4.69, 9.17) is 0 Å². The van der Waals surface area contributed by atoms with Gasteiger partial charge in [0.05, 0.1) is 4.90 Å². The highest BCUT2D eigenvalue weighted by atomic mass is 32.2. The molecule has 3 rings (SSSR count). The molecule has 0 aliphatic heterocycles. The zero-order chi connectivity index (χ0) is 17.3. The number of aromatic nitrogens is 1. The zero-order valence-corrected chi connectivity index (χ0v) is 14.2. The van der Waals surface area contributed by atoms with Crippen molar-refractivity contribution < 1.29 is 8.42 Å². The van der Waals surface area contributed by atoms with Crippen molar-refractivity contribution in [3.05, 3.63) is 82.3 Å². The summed E-state index contributed by atoms with van der Waals surface area (Å²) in [6, 6.07) is 17.2. The molecule has 1 N–H and O–H groups in total. The largest absolute Gasteiger partial charge is 0.325 e. The maximum atomic E-state index is 13.1. The topological polar surface area (TPSA) is 67.0 Å². The molecule has 1 heterocycles. The normalized spacial score (nSPS) is 11.4. The Labute approximate surface area is 140 Å². The van der Waals surface area contributed by atoms with E-state index in [0.29, 0.717) is 16.8 Å². The number of nitrogens with one attached hydrogen (secondary N) is 1. The molecule has 0 unspecified atom stereocenters. The van der Waals surface area contributed by atoms with Crippen LogP contribution in [0.2, 0.25) is 0 Å². The molecule has 0 saturated heterocycles. The molecule has 0 saturated carbocycles. The number of sulfone groups is 1. The lowest BCUT2D eigenvalue weighted by Gasteiger charge is -2.11. The number of aromatic amines is 1. The van der Waals surface area contributed by atoms with E-state index < -0.39 is 15.4 Å². The van der Waals surface area contributed by atoms with E-state index in [9.17, 15) is 13.2 Å². The Morgan fingerprint density at radius 1 is 0.875 bits per heavy atom. The number of hydrogen-bond acceptors (Lipinski definition) is 3. The van der Waals surface area contributed by atoms with E-state index in [2.05, 4.69) is 4.98 Å². The summed E-state index contributed by atoms with van der Waals surface area (Å²) in [4.78, 5) is 15.0. The minimum atomic E-state index is -3.93. The number of rotatable bonds is 3. The van der Waals surface area contributed by atoms with Gasteiger partial charge in [0, 0.05) is 11.3 Å². The second-order valence-electron chi connectivity index (χ2n) is 5.71. The van der Waals surface area contributed by atoms with Crippen molar-refractivity contribution in [1.29, 1.82) is 0 Å². The van der Waals surface area contributed by atoms with Crippen LogP contribution in [0.15, 0.2) is 75.2 Å². The van der Waals surface area contributed by atoms with Crippen molar-refractivity contribution in [1.82, 2.24) is 4.98 Å². The standard InChI is InChI=1S/C19H17NO3S/c1-13-8-10-16(11-9-13)24(22,23)18-17(12-14(2)20-19(18)21)15-6-4-3-5-7-15/h3-12H,1-2H3,(H,20,21). The van der Waals surface area contributed by atoms with Crippen LogP contribution < -0.4 is 5.56 Å². The highest BCUT2D eigenvalue weighted by Gasteiger charge is 2.26. The van der Waals surface area contributed by atoms with Crippen molar-refractivity contribution >= 4 is 9.84 Å². The van der Waals surface area contributed by atoms with Crippen molar-refractivity contribution in [2.45, 2.75) is 23.6 Å². The van der Waals surface area contributed by atoms with Gasteiger partial charge < -0.3 is 4.98 Å². The minimum absolute atomic E-state index is 0.111. The predicted octanol–water partition coefficient (Wildman–Crippen LogP) is 3.49. The van der Waals surface area contributed by atoms with Gasteiger partial charge in [-0.2, -0.15) is 0 Å². The van der Waals surface area contributed by atoms with Crippen LogP contribution in [0.5, 0.6) is 0 Å². The lowest BCUT2D eigenvalue weighted by atomic mass is 10.1. The van der Waals surface area contributed by atoms with Gasteiger partial charge in [0.15, 0.2) is 0 Å². The maximum absolute atomic E-state index is 13.1. The van der Waals surface area contributed by atoms with E-state index >= 15 is 0 Å². The molecule has 5 heteroatoms. The summed E-state index contributed by atoms with van der Waals surface area (Å²) in [6.45, 7) is 3.61. The Bertz CT molecular complexity index is 1030. The number of aryl methyl sites for hydroxylation is 2. The fourth-order valence-corrected chi connectivity index (χ4v) is 4.10. The van der Waals surface area contributed by atoms with Gasteiger partial charge in [0.25, 0.3) is 5.56 Å². The third-order valence-corrected chi connectivity index (χ3v) is 5.64. The molecule has 0 aliphatic carbocycles. The summed E-state index contributed by atoms with van der Waals surface area (Å²) >= 11 is 0. The quantitative estimate of drug-likeness (QED) is 0.794. The Hall–Kier alpha value is -2.66. The lowest BCUT2D eigenvalue weighted by Crippen LogP contribution is -2.20. The number of pyridine rings is 1. The van der Waals surface area contributed by atoms with E-state index in [0.717, 1.165) is 5.56 Å². The van der Waals surface area contributed by atoms with Crippen molar-refractivity contribution in [2.24, 2.45) is 0 Å². The van der Waals surface area contributed by atoms with Crippen LogP contribution in [0.4, 0.5) is 0 Å². The summed E-state index contributed by atoms with van der Waals surface area (Å²) in [5.74, 6) is 0. The first-order chi connectivity index (χ1) is 11.4. The first-order valence-electron chi connectivity index (χ1n) is 7.51. The Balaban J connectivity index is 2.32. The third kappa shape index (κ3) is 2.90. The van der Waals surface area contributed by atoms with Gasteiger partial charge in [-0.05, 0) is 37.6 Å². The third-order valence-electron chi connectivity index (χ3n) is 3.81. The van der Waals surface area contributed by atoms with Gasteiger partial charge in [0.2, 0.25) is 9.84 Å². The average Bonchev–Trinajstić information content (AvgIpc) is 2.55. The summed E-state index contributed by atoms with van der Waals surface area (Å²) < 4.78 is 26.1. The van der Waals surface area contributed by atoms with Crippen molar-refractivity contribution in [3.63, 3.8) is 0 Å². The van der Waals surface area contributed by atoms with Crippen LogP contribution in [-0.4, -0.2) is 13.4 Å². The first-order valence-corrected chi connectivity index (χ1v) is 8.99. The van der Waals surface area contributed by atoms with Crippen LogP contribution in [0.1, 0.15) is 11.3 Å². The van der Waals surface area contributed by atoms with Crippen molar-refractivity contribution in [2.75, 3.05) is 0 Å². The number of H-pyrrole nitrogens is 1. The molecule has 0 atom stereocenters. The summed E-state index contributed by atoms with van der Waals surface area (Å²) in [6.07, 6.45) is 0. The van der Waals surface area contributed by atoms with Crippen LogP contribution in [0.3, 0.4) is 0 Å². The van der Waals surface area contributed by atoms with Crippen LogP contribution >= 0.6 is 0 Å². The second kappa shape index (κ2) is 6.09. The molecule has 0 bridgehead atoms. The second-order valence-corrected chi connectivity index (χ2v) is 7.59. The zero-order valence-electron chi connectivity index (χ0n) is 13.4. The first kappa shape index (κ1) is 16.2. The molecular formula is C19H17NO3S. The highest BCUT2D eigenvalue weighted by molar-refractivity contribution is 7.91. The van der Waals surface area contributed by atoms with Gasteiger partial charge in [-0.15, -0.1) is 0 Å². The molecule has 0 fully saturated rings. The van der Waals surface area contributed by atoms with Gasteiger partial charge in [-0.1, -0.05) is 48.0 Å². The summed E-state index contributed by atoms with van der Waals surface area (Å²) in [5.41, 5.74) is 2.07. The van der Waals surface area contributed by atoms with Gasteiger partial charge in [0.1, 0.15) is 4.90 Å². The summed E-state index contributed by atoms with van der Waals surface area (Å²) in [5, 5.41) is 0. The molecule has 4 nitrogen and oxygen atoms in total. The fraction of sp³-hybridized carbons (Fsp3) is 0.105. The molecule has 0 spiro atoms. The Kier molecular flexibility index (Phi) is 4.11. The van der Waals surface area contributed by atoms with Crippen LogP contribution in [0.25, 0.3) is 11.1 Å². The molecule has 0 aliphatic rings. The highest BCUT2D eigenvalue weighted by Crippen LogP contribution is 2.29. The molecule has 0 radical (unpaired) electrons. The molecular weight excluding hydrogens is 322 g/mol. The van der Waals surface area contributed by atoms with E-state index in [-0.39, 0.29) is 9.79 Å². The summed E-state index contributed by atoms with van der Waals surface area (Å²) in [7, 11) is -3.93. The average molecular weight is 339 g/mol. The maximum Gasteiger partial charge on any atom is 0.267 e. The molecule has 0 amide bonds. The van der Waals surface area contributed by atoms with Crippen LogP contribution in [0, 0.1) is 13.8 Å². The predicted molar refractivity (Wildman–Crippen MR) is 93.9 cm³/mol. The molecule has 2 aromatic carbocycles. The van der Waals surface area contributed by atoms with Crippen molar-refractivity contribution in [3.8, 4) is 11.1 Å².